The first-order valence-corrected chi connectivity index (χ1v) is 8.84. The SMILES string of the molecule is CCCCNCc1ccc(OC)c2oc(C(=O)NC3CCC3)cc12. The summed E-state index contributed by atoms with van der Waals surface area (Å²) in [4.78, 5) is 12.4. The largest absolute Gasteiger partial charge is 0.493 e. The van der Waals surface area contributed by atoms with E-state index in [-0.39, 0.29) is 5.91 Å². The van der Waals surface area contributed by atoms with Gasteiger partial charge in [0.2, 0.25) is 0 Å². The van der Waals surface area contributed by atoms with E-state index in [2.05, 4.69) is 17.6 Å². The Kier molecular flexibility index (Phi) is 5.41. The second kappa shape index (κ2) is 7.71. The number of furan rings is 1. The zero-order chi connectivity index (χ0) is 16.9. The summed E-state index contributed by atoms with van der Waals surface area (Å²) < 4.78 is 11.2. The molecular formula is C19H26N2O3. The fraction of sp³-hybridized carbons (Fsp3) is 0.526. The van der Waals surface area contributed by atoms with Gasteiger partial charge in [0.25, 0.3) is 5.91 Å². The molecule has 1 fully saturated rings. The van der Waals surface area contributed by atoms with Gasteiger partial charge in [0.15, 0.2) is 17.1 Å². The van der Waals surface area contributed by atoms with Crippen molar-refractivity contribution in [3.05, 3.63) is 29.5 Å². The number of carbonyl (C=O) groups excluding carboxylic acids is 1. The van der Waals surface area contributed by atoms with Crippen LogP contribution in [-0.2, 0) is 6.54 Å². The molecule has 0 aliphatic heterocycles. The summed E-state index contributed by atoms with van der Waals surface area (Å²) in [5.41, 5.74) is 1.76. The standard InChI is InChI=1S/C19H26N2O3/c1-3-4-10-20-12-13-8-9-16(23-2)18-15(13)11-17(24-18)19(22)21-14-6-5-7-14/h8-9,11,14,20H,3-7,10,12H2,1-2H3,(H,21,22). The molecule has 1 heterocycles. The smallest absolute Gasteiger partial charge is 0.287 e. The van der Waals surface area contributed by atoms with Gasteiger partial charge in [-0.25, -0.2) is 0 Å². The maximum atomic E-state index is 12.4. The van der Waals surface area contributed by atoms with E-state index in [0.717, 1.165) is 43.3 Å². The summed E-state index contributed by atoms with van der Waals surface area (Å²) in [5.74, 6) is 0.879. The number of hydrogen-bond acceptors (Lipinski definition) is 4. The lowest BCUT2D eigenvalue weighted by atomic mass is 9.93. The van der Waals surface area contributed by atoms with Crippen LogP contribution in [0.15, 0.2) is 22.6 Å². The predicted octanol–water partition coefficient (Wildman–Crippen LogP) is 3.61. The maximum Gasteiger partial charge on any atom is 0.287 e. The molecule has 2 N–H and O–H groups in total. The van der Waals surface area contributed by atoms with Crippen LogP contribution in [-0.4, -0.2) is 25.6 Å². The quantitative estimate of drug-likeness (QED) is 0.726. The number of nitrogens with one attached hydrogen (secondary N) is 2. The molecule has 1 aliphatic carbocycles. The van der Waals surface area contributed by atoms with Crippen molar-refractivity contribution in [1.29, 1.82) is 0 Å². The normalized spacial score (nSPS) is 14.6. The summed E-state index contributed by atoms with van der Waals surface area (Å²) >= 11 is 0. The number of ether oxygens (including phenoxy) is 1. The zero-order valence-corrected chi connectivity index (χ0v) is 14.5. The van der Waals surface area contributed by atoms with Crippen molar-refractivity contribution in [1.82, 2.24) is 10.6 Å². The molecule has 0 bridgehead atoms. The van der Waals surface area contributed by atoms with Gasteiger partial charge in [0, 0.05) is 18.0 Å². The third-order valence-electron chi connectivity index (χ3n) is 4.64. The lowest BCUT2D eigenvalue weighted by Crippen LogP contribution is -2.39. The first-order valence-electron chi connectivity index (χ1n) is 8.84. The second-order valence-electron chi connectivity index (χ2n) is 6.41. The Hall–Kier alpha value is -2.01. The third-order valence-corrected chi connectivity index (χ3v) is 4.64. The van der Waals surface area contributed by atoms with Crippen LogP contribution in [0.4, 0.5) is 0 Å². The molecule has 1 saturated carbocycles. The van der Waals surface area contributed by atoms with E-state index in [1.54, 1.807) is 7.11 Å². The van der Waals surface area contributed by atoms with Gasteiger partial charge in [0.1, 0.15) is 0 Å². The van der Waals surface area contributed by atoms with E-state index >= 15 is 0 Å². The van der Waals surface area contributed by atoms with Crippen molar-refractivity contribution >= 4 is 16.9 Å². The number of unbranched alkanes of at least 4 members (excludes halogenated alkanes) is 1. The van der Waals surface area contributed by atoms with E-state index < -0.39 is 0 Å². The van der Waals surface area contributed by atoms with Crippen LogP contribution in [0.5, 0.6) is 5.75 Å². The summed E-state index contributed by atoms with van der Waals surface area (Å²) in [5, 5.41) is 7.40. The summed E-state index contributed by atoms with van der Waals surface area (Å²) in [7, 11) is 1.62. The lowest BCUT2D eigenvalue weighted by Gasteiger charge is -2.25. The van der Waals surface area contributed by atoms with Crippen LogP contribution in [0.1, 0.15) is 55.1 Å². The number of benzene rings is 1. The molecule has 0 atom stereocenters. The van der Waals surface area contributed by atoms with Gasteiger partial charge in [-0.2, -0.15) is 0 Å². The number of carbonyl (C=O) groups is 1. The van der Waals surface area contributed by atoms with Crippen molar-refractivity contribution in [3.8, 4) is 5.75 Å². The van der Waals surface area contributed by atoms with Crippen LogP contribution in [0, 0.1) is 0 Å². The summed E-state index contributed by atoms with van der Waals surface area (Å²) in [6.07, 6.45) is 5.62. The fourth-order valence-electron chi connectivity index (χ4n) is 2.92. The van der Waals surface area contributed by atoms with Crippen molar-refractivity contribution in [2.24, 2.45) is 0 Å². The van der Waals surface area contributed by atoms with Crippen molar-refractivity contribution in [2.75, 3.05) is 13.7 Å². The Morgan fingerprint density at radius 3 is 2.88 bits per heavy atom. The van der Waals surface area contributed by atoms with E-state index in [9.17, 15) is 4.79 Å². The molecule has 130 valence electrons. The number of methoxy groups -OCH3 is 1. The highest BCUT2D eigenvalue weighted by atomic mass is 16.5. The van der Waals surface area contributed by atoms with Crippen LogP contribution in [0.2, 0.25) is 0 Å². The van der Waals surface area contributed by atoms with Crippen molar-refractivity contribution in [3.63, 3.8) is 0 Å². The van der Waals surface area contributed by atoms with Gasteiger partial charge in [-0.05, 0) is 49.9 Å². The molecule has 0 saturated heterocycles. The molecular weight excluding hydrogens is 304 g/mol. The lowest BCUT2D eigenvalue weighted by molar-refractivity contribution is 0.0890. The molecule has 24 heavy (non-hydrogen) atoms. The van der Waals surface area contributed by atoms with E-state index in [1.807, 2.05) is 18.2 Å². The molecule has 1 amide bonds. The molecule has 2 aromatic rings. The van der Waals surface area contributed by atoms with Crippen LogP contribution in [0.3, 0.4) is 0 Å². The maximum absolute atomic E-state index is 12.4. The van der Waals surface area contributed by atoms with Crippen LogP contribution >= 0.6 is 0 Å². The first kappa shape index (κ1) is 16.8. The van der Waals surface area contributed by atoms with Gasteiger partial charge < -0.3 is 19.8 Å². The minimum atomic E-state index is -0.136. The first-order chi connectivity index (χ1) is 11.7. The number of hydrogen-bond donors (Lipinski definition) is 2. The van der Waals surface area contributed by atoms with Gasteiger partial charge in [-0.1, -0.05) is 19.4 Å². The van der Waals surface area contributed by atoms with E-state index in [1.165, 1.54) is 12.8 Å². The third kappa shape index (κ3) is 3.56. The average Bonchev–Trinajstić information content (AvgIpc) is 3.00. The topological polar surface area (TPSA) is 63.5 Å². The zero-order valence-electron chi connectivity index (χ0n) is 14.5. The Labute approximate surface area is 142 Å². The predicted molar refractivity (Wildman–Crippen MR) is 94.5 cm³/mol. The molecule has 0 unspecified atom stereocenters. The van der Waals surface area contributed by atoms with Gasteiger partial charge >= 0.3 is 0 Å². The van der Waals surface area contributed by atoms with Crippen molar-refractivity contribution < 1.29 is 13.9 Å². The van der Waals surface area contributed by atoms with E-state index in [4.69, 9.17) is 9.15 Å². The van der Waals surface area contributed by atoms with Gasteiger partial charge in [-0.15, -0.1) is 0 Å². The highest BCUT2D eigenvalue weighted by molar-refractivity contribution is 5.98. The molecule has 1 aromatic carbocycles. The Balaban J connectivity index is 1.82. The molecule has 1 aromatic heterocycles. The number of amides is 1. The molecule has 5 heteroatoms. The number of fused-ring (bicyclic) bond motifs is 1. The minimum absolute atomic E-state index is 0.136. The fourth-order valence-corrected chi connectivity index (χ4v) is 2.92. The highest BCUT2D eigenvalue weighted by Gasteiger charge is 2.23. The van der Waals surface area contributed by atoms with Gasteiger partial charge in [0.05, 0.1) is 7.11 Å². The second-order valence-corrected chi connectivity index (χ2v) is 6.41. The van der Waals surface area contributed by atoms with Gasteiger partial charge in [-0.3, -0.25) is 4.79 Å². The van der Waals surface area contributed by atoms with Crippen LogP contribution in [0.25, 0.3) is 11.0 Å². The summed E-state index contributed by atoms with van der Waals surface area (Å²) in [6, 6.07) is 6.06. The minimum Gasteiger partial charge on any atom is -0.493 e. The molecule has 1 aliphatic rings. The van der Waals surface area contributed by atoms with Crippen LogP contribution < -0.4 is 15.4 Å². The Morgan fingerprint density at radius 1 is 1.38 bits per heavy atom. The molecule has 3 rings (SSSR count). The Bertz CT molecular complexity index is 704. The summed E-state index contributed by atoms with van der Waals surface area (Å²) in [6.45, 7) is 3.91. The molecule has 5 nitrogen and oxygen atoms in total. The van der Waals surface area contributed by atoms with Crippen molar-refractivity contribution in [2.45, 2.75) is 51.6 Å². The van der Waals surface area contributed by atoms with E-state index in [0.29, 0.717) is 23.1 Å². The monoisotopic (exact) mass is 330 g/mol. The number of rotatable bonds is 8. The molecule has 0 radical (unpaired) electrons. The molecule has 0 spiro atoms. The average molecular weight is 330 g/mol. The Morgan fingerprint density at radius 2 is 2.21 bits per heavy atom. The highest BCUT2D eigenvalue weighted by Crippen LogP contribution is 2.32.